The first-order chi connectivity index (χ1) is 12.8. The van der Waals surface area contributed by atoms with Crippen LogP contribution in [-0.2, 0) is 4.79 Å². The molecule has 0 radical (unpaired) electrons. The van der Waals surface area contributed by atoms with E-state index in [1.165, 1.54) is 6.07 Å². The number of carbonyl (C=O) groups excluding carboxylic acids is 2. The van der Waals surface area contributed by atoms with Gasteiger partial charge in [-0.05, 0) is 30.2 Å². The van der Waals surface area contributed by atoms with Crippen molar-refractivity contribution in [3.63, 3.8) is 0 Å². The summed E-state index contributed by atoms with van der Waals surface area (Å²) in [4.78, 5) is 35.0. The van der Waals surface area contributed by atoms with Gasteiger partial charge in [-0.2, -0.15) is 4.39 Å². The Balaban J connectivity index is 2.19. The highest BCUT2D eigenvalue weighted by Gasteiger charge is 2.27. The van der Waals surface area contributed by atoms with Crippen molar-refractivity contribution in [2.75, 3.05) is 5.32 Å². The number of benzene rings is 2. The molecule has 2 aromatic rings. The number of rotatable bonds is 7. The van der Waals surface area contributed by atoms with E-state index >= 15 is 0 Å². The van der Waals surface area contributed by atoms with Gasteiger partial charge < -0.3 is 10.6 Å². The Bertz CT molecular complexity index is 842. The van der Waals surface area contributed by atoms with Crippen LogP contribution in [0.2, 0.25) is 0 Å². The first kappa shape index (κ1) is 20.0. The number of nitrogens with zero attached hydrogens (tertiary/aromatic N) is 1. The van der Waals surface area contributed by atoms with E-state index in [0.29, 0.717) is 12.0 Å². The summed E-state index contributed by atoms with van der Waals surface area (Å²) in [5.41, 5.74) is -0.243. The lowest BCUT2D eigenvalue weighted by Gasteiger charge is -2.23. The smallest absolute Gasteiger partial charge is 0.306 e. The summed E-state index contributed by atoms with van der Waals surface area (Å²) < 4.78 is 13.4. The molecule has 2 unspecified atom stereocenters. The zero-order valence-electron chi connectivity index (χ0n) is 14.9. The van der Waals surface area contributed by atoms with Crippen molar-refractivity contribution in [1.82, 2.24) is 5.32 Å². The predicted molar refractivity (Wildman–Crippen MR) is 98.8 cm³/mol. The summed E-state index contributed by atoms with van der Waals surface area (Å²) in [6.45, 7) is 3.69. The van der Waals surface area contributed by atoms with Gasteiger partial charge in [0.05, 0.1) is 4.92 Å². The minimum Gasteiger partial charge on any atom is -0.340 e. The van der Waals surface area contributed by atoms with Gasteiger partial charge in [0.25, 0.3) is 5.91 Å². The Kier molecular flexibility index (Phi) is 6.59. The maximum absolute atomic E-state index is 13.4. The molecule has 2 rings (SSSR count). The van der Waals surface area contributed by atoms with Gasteiger partial charge in [-0.15, -0.1) is 0 Å². The van der Waals surface area contributed by atoms with Crippen LogP contribution in [0.1, 0.15) is 30.6 Å². The molecule has 142 valence electrons. The van der Waals surface area contributed by atoms with Gasteiger partial charge in [-0.1, -0.05) is 38.5 Å². The van der Waals surface area contributed by atoms with Gasteiger partial charge >= 0.3 is 5.69 Å². The number of nitro groups is 1. The average molecular weight is 373 g/mol. The van der Waals surface area contributed by atoms with Crippen molar-refractivity contribution in [2.24, 2.45) is 5.92 Å². The van der Waals surface area contributed by atoms with Gasteiger partial charge in [-0.3, -0.25) is 19.7 Å². The predicted octanol–water partition coefficient (Wildman–Crippen LogP) is 3.52. The van der Waals surface area contributed by atoms with E-state index in [2.05, 4.69) is 10.6 Å². The van der Waals surface area contributed by atoms with Crippen LogP contribution < -0.4 is 10.6 Å². The molecule has 0 aliphatic rings. The van der Waals surface area contributed by atoms with Crippen LogP contribution in [0.25, 0.3) is 0 Å². The van der Waals surface area contributed by atoms with E-state index in [9.17, 15) is 24.1 Å². The number of nitro benzene ring substituents is 1. The van der Waals surface area contributed by atoms with Crippen LogP contribution in [0.5, 0.6) is 0 Å². The second kappa shape index (κ2) is 8.88. The highest BCUT2D eigenvalue weighted by atomic mass is 19.1. The molecule has 2 atom stereocenters. The lowest BCUT2D eigenvalue weighted by molar-refractivity contribution is -0.387. The van der Waals surface area contributed by atoms with Crippen molar-refractivity contribution in [2.45, 2.75) is 26.3 Å². The molecular formula is C19H20FN3O4. The molecule has 0 spiro atoms. The molecule has 0 fully saturated rings. The SMILES string of the molecule is CCC(C)C(NC(=O)c1ccccc1)C(=O)Nc1ccc(F)c([N+](=O)[O-])c1. The second-order valence-electron chi connectivity index (χ2n) is 6.12. The maximum atomic E-state index is 13.4. The molecule has 0 aliphatic carbocycles. The molecule has 2 N–H and O–H groups in total. The van der Waals surface area contributed by atoms with Crippen molar-refractivity contribution < 1.29 is 18.9 Å². The third-order valence-electron chi connectivity index (χ3n) is 4.23. The molecule has 2 amide bonds. The van der Waals surface area contributed by atoms with Crippen LogP contribution in [0.4, 0.5) is 15.8 Å². The van der Waals surface area contributed by atoms with Crippen LogP contribution >= 0.6 is 0 Å². The van der Waals surface area contributed by atoms with Gasteiger partial charge in [0.1, 0.15) is 6.04 Å². The van der Waals surface area contributed by atoms with E-state index in [4.69, 9.17) is 0 Å². The number of hydrogen-bond acceptors (Lipinski definition) is 4. The number of halogens is 1. The normalized spacial score (nSPS) is 12.7. The monoisotopic (exact) mass is 373 g/mol. The molecule has 0 saturated carbocycles. The molecular weight excluding hydrogens is 353 g/mol. The van der Waals surface area contributed by atoms with E-state index in [0.717, 1.165) is 12.1 Å². The molecule has 8 heteroatoms. The third-order valence-corrected chi connectivity index (χ3v) is 4.23. The first-order valence-corrected chi connectivity index (χ1v) is 8.44. The summed E-state index contributed by atoms with van der Waals surface area (Å²) in [6.07, 6.45) is 0.622. The Labute approximate surface area is 155 Å². The summed E-state index contributed by atoms with van der Waals surface area (Å²) in [5, 5.41) is 16.1. The zero-order chi connectivity index (χ0) is 20.0. The summed E-state index contributed by atoms with van der Waals surface area (Å²) in [6, 6.07) is 10.7. The summed E-state index contributed by atoms with van der Waals surface area (Å²) in [5.74, 6) is -2.11. The lowest BCUT2D eigenvalue weighted by Crippen LogP contribution is -2.47. The summed E-state index contributed by atoms with van der Waals surface area (Å²) >= 11 is 0. The summed E-state index contributed by atoms with van der Waals surface area (Å²) in [7, 11) is 0. The van der Waals surface area contributed by atoms with Crippen LogP contribution in [0.3, 0.4) is 0 Å². The number of anilines is 1. The molecule has 0 bridgehead atoms. The van der Waals surface area contributed by atoms with Crippen molar-refractivity contribution in [3.05, 3.63) is 70.0 Å². The van der Waals surface area contributed by atoms with Gasteiger partial charge in [0.2, 0.25) is 11.7 Å². The number of amides is 2. The molecule has 0 heterocycles. The minimum atomic E-state index is -0.992. The maximum Gasteiger partial charge on any atom is 0.306 e. The van der Waals surface area contributed by atoms with Crippen LogP contribution in [0, 0.1) is 21.8 Å². The molecule has 0 saturated heterocycles. The topological polar surface area (TPSA) is 101 Å². The fourth-order valence-electron chi connectivity index (χ4n) is 2.47. The highest BCUT2D eigenvalue weighted by molar-refractivity contribution is 6.01. The Morgan fingerprint density at radius 3 is 2.44 bits per heavy atom. The van der Waals surface area contributed by atoms with Crippen molar-refractivity contribution in [1.29, 1.82) is 0 Å². The van der Waals surface area contributed by atoms with E-state index in [1.807, 2.05) is 13.8 Å². The van der Waals surface area contributed by atoms with E-state index in [1.54, 1.807) is 30.3 Å². The number of nitrogens with one attached hydrogen (secondary N) is 2. The van der Waals surface area contributed by atoms with E-state index < -0.39 is 34.3 Å². The zero-order valence-corrected chi connectivity index (χ0v) is 14.9. The Morgan fingerprint density at radius 2 is 1.85 bits per heavy atom. The fourth-order valence-corrected chi connectivity index (χ4v) is 2.47. The molecule has 27 heavy (non-hydrogen) atoms. The quantitative estimate of drug-likeness (QED) is 0.573. The van der Waals surface area contributed by atoms with Gasteiger partial charge in [0, 0.05) is 17.3 Å². The second-order valence-corrected chi connectivity index (χ2v) is 6.12. The highest BCUT2D eigenvalue weighted by Crippen LogP contribution is 2.22. The van der Waals surface area contributed by atoms with Crippen LogP contribution in [-0.4, -0.2) is 22.8 Å². The van der Waals surface area contributed by atoms with Gasteiger partial charge in [0.15, 0.2) is 0 Å². The number of hydrogen-bond donors (Lipinski definition) is 2. The largest absolute Gasteiger partial charge is 0.340 e. The van der Waals surface area contributed by atoms with Crippen LogP contribution in [0.15, 0.2) is 48.5 Å². The lowest BCUT2D eigenvalue weighted by atomic mass is 9.97. The van der Waals surface area contributed by atoms with Crippen molar-refractivity contribution >= 4 is 23.2 Å². The molecule has 0 aliphatic heterocycles. The fraction of sp³-hybridized carbons (Fsp3) is 0.263. The van der Waals surface area contributed by atoms with Crippen molar-refractivity contribution in [3.8, 4) is 0 Å². The molecule has 7 nitrogen and oxygen atoms in total. The Morgan fingerprint density at radius 1 is 1.19 bits per heavy atom. The standard InChI is InChI=1S/C19H20FN3O4/c1-3-12(2)17(22-18(24)13-7-5-4-6-8-13)19(25)21-14-9-10-15(20)16(11-14)23(26)27/h4-12,17H,3H2,1-2H3,(H,21,25)(H,22,24). The first-order valence-electron chi connectivity index (χ1n) is 8.44. The average Bonchev–Trinajstić information content (AvgIpc) is 2.67. The molecule has 2 aromatic carbocycles. The van der Waals surface area contributed by atoms with Gasteiger partial charge in [-0.25, -0.2) is 0 Å². The number of carbonyl (C=O) groups is 2. The van der Waals surface area contributed by atoms with E-state index in [-0.39, 0.29) is 11.6 Å². The molecule has 0 aromatic heterocycles. The minimum absolute atomic E-state index is 0.0790. The third kappa shape index (κ3) is 5.10. The Hall–Kier alpha value is -3.29.